The van der Waals surface area contributed by atoms with Crippen LogP contribution in [0, 0.1) is 6.92 Å². The van der Waals surface area contributed by atoms with E-state index in [-0.39, 0.29) is 11.4 Å². The normalized spacial score (nSPS) is 11.2. The van der Waals surface area contributed by atoms with Crippen LogP contribution < -0.4 is 15.4 Å². The average molecular weight is 447 g/mol. The molecule has 0 radical (unpaired) electrons. The zero-order valence-corrected chi connectivity index (χ0v) is 18.9. The minimum absolute atomic E-state index is 0.109. The molecule has 0 saturated carbocycles. The Labute approximate surface area is 177 Å². The van der Waals surface area contributed by atoms with Gasteiger partial charge in [0.1, 0.15) is 5.75 Å². The van der Waals surface area contributed by atoms with Crippen molar-refractivity contribution in [3.05, 3.63) is 63.6 Å². The average Bonchev–Trinajstić information content (AvgIpc) is 2.62. The Morgan fingerprint density at radius 2 is 1.82 bits per heavy atom. The Bertz CT molecular complexity index is 784. The molecule has 0 heterocycles. The van der Waals surface area contributed by atoms with Crippen molar-refractivity contribution in [2.24, 2.45) is 0 Å². The minimum Gasteiger partial charge on any atom is -0.492 e. The highest BCUT2D eigenvalue weighted by atomic mass is 79.9. The van der Waals surface area contributed by atoms with E-state index in [1.165, 1.54) is 16.7 Å². The molecule has 0 spiro atoms. The number of hydrogen-bond donors (Lipinski definition) is 2. The number of carbonyl (C=O) groups excluding carboxylic acids is 1. The highest BCUT2D eigenvalue weighted by Gasteiger charge is 2.15. The lowest BCUT2D eigenvalue weighted by atomic mass is 9.87. The Morgan fingerprint density at radius 3 is 2.50 bits per heavy atom. The van der Waals surface area contributed by atoms with Crippen LogP contribution in [0.25, 0.3) is 0 Å². The summed E-state index contributed by atoms with van der Waals surface area (Å²) in [6.07, 6.45) is 1.58. The summed E-state index contributed by atoms with van der Waals surface area (Å²) in [7, 11) is 0. The van der Waals surface area contributed by atoms with Gasteiger partial charge in [0.15, 0.2) is 0 Å². The molecule has 2 aromatic carbocycles. The summed E-state index contributed by atoms with van der Waals surface area (Å²) in [6.45, 7) is 10.4. The van der Waals surface area contributed by atoms with E-state index in [2.05, 4.69) is 84.6 Å². The first-order valence-corrected chi connectivity index (χ1v) is 10.5. The van der Waals surface area contributed by atoms with E-state index >= 15 is 0 Å². The number of hydrogen-bond acceptors (Lipinski definition) is 2. The predicted molar refractivity (Wildman–Crippen MR) is 119 cm³/mol. The topological polar surface area (TPSA) is 50.4 Å². The van der Waals surface area contributed by atoms with Gasteiger partial charge in [-0.2, -0.15) is 0 Å². The second kappa shape index (κ2) is 10.5. The number of rotatable bonds is 8. The number of nitrogens with one attached hydrogen (secondary N) is 2. The monoisotopic (exact) mass is 446 g/mol. The Hall–Kier alpha value is -2.01. The van der Waals surface area contributed by atoms with Crippen molar-refractivity contribution >= 4 is 22.0 Å². The standard InChI is InChI=1S/C23H31BrN2O2/c1-17-7-5-8-18(15-17)11-13-26-22(27)25-12-6-14-28-21-10-9-19(16-20(21)24)23(2,3)4/h5,7-10,15-16H,6,11-14H2,1-4H3,(H2,25,26,27). The largest absolute Gasteiger partial charge is 0.492 e. The van der Waals surface area contributed by atoms with E-state index in [0.29, 0.717) is 19.7 Å². The Morgan fingerprint density at radius 1 is 1.07 bits per heavy atom. The van der Waals surface area contributed by atoms with E-state index in [0.717, 1.165) is 23.1 Å². The maximum Gasteiger partial charge on any atom is 0.314 e. The van der Waals surface area contributed by atoms with Gasteiger partial charge in [-0.3, -0.25) is 0 Å². The molecule has 0 aromatic heterocycles. The third kappa shape index (κ3) is 7.55. The van der Waals surface area contributed by atoms with Gasteiger partial charge in [0, 0.05) is 13.1 Å². The van der Waals surface area contributed by atoms with Crippen molar-refractivity contribution in [3.8, 4) is 5.75 Å². The maximum atomic E-state index is 11.8. The van der Waals surface area contributed by atoms with Crippen LogP contribution in [0.15, 0.2) is 46.9 Å². The Balaban J connectivity index is 1.61. The van der Waals surface area contributed by atoms with E-state index in [4.69, 9.17) is 4.74 Å². The zero-order chi connectivity index (χ0) is 20.6. The van der Waals surface area contributed by atoms with Gasteiger partial charge in [0.2, 0.25) is 0 Å². The number of urea groups is 1. The molecular weight excluding hydrogens is 416 g/mol. The van der Waals surface area contributed by atoms with Crippen LogP contribution in [0.3, 0.4) is 0 Å². The number of benzene rings is 2. The molecule has 152 valence electrons. The van der Waals surface area contributed by atoms with E-state index in [1.807, 2.05) is 12.1 Å². The van der Waals surface area contributed by atoms with Gasteiger partial charge in [-0.1, -0.05) is 56.7 Å². The first-order chi connectivity index (χ1) is 13.3. The summed E-state index contributed by atoms with van der Waals surface area (Å²) in [6, 6.07) is 14.4. The predicted octanol–water partition coefficient (Wildman–Crippen LogP) is 5.37. The summed E-state index contributed by atoms with van der Waals surface area (Å²) in [4.78, 5) is 11.8. The van der Waals surface area contributed by atoms with Crippen molar-refractivity contribution in [2.45, 2.75) is 46.0 Å². The van der Waals surface area contributed by atoms with Crippen LogP contribution in [0.1, 0.15) is 43.9 Å². The number of halogens is 1. The zero-order valence-electron chi connectivity index (χ0n) is 17.3. The Kier molecular flexibility index (Phi) is 8.36. The van der Waals surface area contributed by atoms with Gasteiger partial charge in [-0.25, -0.2) is 4.79 Å². The first-order valence-electron chi connectivity index (χ1n) is 9.76. The number of amides is 2. The summed E-state index contributed by atoms with van der Waals surface area (Å²) in [5, 5.41) is 5.76. The number of aryl methyl sites for hydroxylation is 1. The van der Waals surface area contributed by atoms with Gasteiger partial charge in [-0.15, -0.1) is 0 Å². The van der Waals surface area contributed by atoms with Crippen LogP contribution >= 0.6 is 15.9 Å². The maximum absolute atomic E-state index is 11.8. The lowest BCUT2D eigenvalue weighted by Crippen LogP contribution is -2.37. The van der Waals surface area contributed by atoms with E-state index < -0.39 is 0 Å². The van der Waals surface area contributed by atoms with Crippen molar-refractivity contribution in [1.82, 2.24) is 10.6 Å². The SMILES string of the molecule is Cc1cccc(CCNC(=O)NCCCOc2ccc(C(C)(C)C)cc2Br)c1. The van der Waals surface area contributed by atoms with Crippen molar-refractivity contribution in [2.75, 3.05) is 19.7 Å². The van der Waals surface area contributed by atoms with Crippen LogP contribution in [0.4, 0.5) is 4.79 Å². The molecule has 0 saturated heterocycles. The van der Waals surface area contributed by atoms with Crippen LogP contribution in [-0.2, 0) is 11.8 Å². The van der Waals surface area contributed by atoms with E-state index in [9.17, 15) is 4.79 Å². The molecule has 0 aliphatic carbocycles. The molecule has 0 aliphatic heterocycles. The molecule has 0 fully saturated rings. The minimum atomic E-state index is -0.136. The molecule has 0 atom stereocenters. The van der Waals surface area contributed by atoms with Crippen molar-refractivity contribution in [1.29, 1.82) is 0 Å². The van der Waals surface area contributed by atoms with Crippen LogP contribution in [-0.4, -0.2) is 25.7 Å². The summed E-state index contributed by atoms with van der Waals surface area (Å²) in [5.41, 5.74) is 3.84. The molecule has 2 amide bonds. The number of ether oxygens (including phenoxy) is 1. The van der Waals surface area contributed by atoms with Gasteiger partial charge in [0.05, 0.1) is 11.1 Å². The molecule has 2 aromatic rings. The molecule has 2 rings (SSSR count). The highest BCUT2D eigenvalue weighted by molar-refractivity contribution is 9.10. The van der Waals surface area contributed by atoms with Crippen LogP contribution in [0.2, 0.25) is 0 Å². The lowest BCUT2D eigenvalue weighted by molar-refractivity contribution is 0.239. The number of carbonyl (C=O) groups is 1. The van der Waals surface area contributed by atoms with Gasteiger partial charge in [-0.05, 0) is 64.4 Å². The fourth-order valence-electron chi connectivity index (χ4n) is 2.79. The molecule has 4 nitrogen and oxygen atoms in total. The first kappa shape index (κ1) is 22.3. The second-order valence-corrected chi connectivity index (χ2v) is 8.87. The van der Waals surface area contributed by atoms with Crippen molar-refractivity contribution in [3.63, 3.8) is 0 Å². The third-order valence-electron chi connectivity index (χ3n) is 4.44. The highest BCUT2D eigenvalue weighted by Crippen LogP contribution is 2.31. The fourth-order valence-corrected chi connectivity index (χ4v) is 3.28. The molecule has 0 unspecified atom stereocenters. The lowest BCUT2D eigenvalue weighted by Gasteiger charge is -2.20. The smallest absolute Gasteiger partial charge is 0.314 e. The molecule has 2 N–H and O–H groups in total. The second-order valence-electron chi connectivity index (χ2n) is 8.02. The van der Waals surface area contributed by atoms with Gasteiger partial charge >= 0.3 is 6.03 Å². The molecular formula is C23H31BrN2O2. The summed E-state index contributed by atoms with van der Waals surface area (Å²) < 4.78 is 6.78. The fraction of sp³-hybridized carbons (Fsp3) is 0.435. The summed E-state index contributed by atoms with van der Waals surface area (Å²) in [5.74, 6) is 0.829. The van der Waals surface area contributed by atoms with Gasteiger partial charge < -0.3 is 15.4 Å². The quantitative estimate of drug-likeness (QED) is 0.535. The molecule has 0 aliphatic rings. The van der Waals surface area contributed by atoms with E-state index in [1.54, 1.807) is 0 Å². The van der Waals surface area contributed by atoms with Crippen LogP contribution in [0.5, 0.6) is 5.75 Å². The van der Waals surface area contributed by atoms with Gasteiger partial charge in [0.25, 0.3) is 0 Å². The molecule has 5 heteroatoms. The van der Waals surface area contributed by atoms with Crippen molar-refractivity contribution < 1.29 is 9.53 Å². The molecule has 0 bridgehead atoms. The third-order valence-corrected chi connectivity index (χ3v) is 5.06. The molecule has 28 heavy (non-hydrogen) atoms. The summed E-state index contributed by atoms with van der Waals surface area (Å²) >= 11 is 3.58.